The normalized spacial score (nSPS) is 13.3. The third kappa shape index (κ3) is 6.56. The van der Waals surface area contributed by atoms with Gasteiger partial charge in [-0.15, -0.1) is 0 Å². The van der Waals surface area contributed by atoms with Gasteiger partial charge in [-0.3, -0.25) is 4.99 Å². The molecule has 6 nitrogen and oxygen atoms in total. The Balaban J connectivity index is 2.21. The van der Waals surface area contributed by atoms with Gasteiger partial charge in [-0.25, -0.2) is 9.59 Å². The zero-order valence-electron chi connectivity index (χ0n) is 17.0. The Morgan fingerprint density at radius 3 is 2.50 bits per heavy atom. The predicted octanol–water partition coefficient (Wildman–Crippen LogP) is 4.99. The fourth-order valence-electron chi connectivity index (χ4n) is 2.62. The highest BCUT2D eigenvalue weighted by Gasteiger charge is 2.22. The van der Waals surface area contributed by atoms with Crippen LogP contribution in [-0.2, 0) is 9.59 Å². The molecule has 0 aliphatic rings. The van der Waals surface area contributed by atoms with Crippen LogP contribution in [0.1, 0.15) is 31.4 Å². The number of esters is 1. The second-order valence-electron chi connectivity index (χ2n) is 6.65. The fraction of sp³-hybridized carbons (Fsp3) is 0.261. The van der Waals surface area contributed by atoms with E-state index in [-0.39, 0.29) is 11.7 Å². The SMILES string of the molecule is CCC(C)C(/N=C/c1cc(Br)c(OC(=O)C=Cc2ccccc2)c(OC)c1)C(=O)O. The molecule has 1 N–H and O–H groups in total. The van der Waals surface area contributed by atoms with E-state index in [0.29, 0.717) is 22.2 Å². The van der Waals surface area contributed by atoms with Crippen LogP contribution < -0.4 is 9.47 Å². The van der Waals surface area contributed by atoms with Crippen LogP contribution in [-0.4, -0.2) is 36.4 Å². The van der Waals surface area contributed by atoms with Crippen molar-refractivity contribution < 1.29 is 24.2 Å². The van der Waals surface area contributed by atoms with Crippen molar-refractivity contribution >= 4 is 40.2 Å². The second-order valence-corrected chi connectivity index (χ2v) is 7.50. The highest BCUT2D eigenvalue weighted by molar-refractivity contribution is 9.10. The molecule has 0 aromatic heterocycles. The third-order valence-corrected chi connectivity index (χ3v) is 5.08. The van der Waals surface area contributed by atoms with Crippen molar-refractivity contribution in [3.05, 3.63) is 64.1 Å². The summed E-state index contributed by atoms with van der Waals surface area (Å²) in [6, 6.07) is 11.9. The maximum absolute atomic E-state index is 12.2. The minimum atomic E-state index is -0.970. The lowest BCUT2D eigenvalue weighted by atomic mass is 10.00. The number of carboxylic acid groups (broad SMARTS) is 1. The predicted molar refractivity (Wildman–Crippen MR) is 120 cm³/mol. The zero-order chi connectivity index (χ0) is 22.1. The fourth-order valence-corrected chi connectivity index (χ4v) is 3.16. The Labute approximate surface area is 184 Å². The van der Waals surface area contributed by atoms with Gasteiger partial charge in [0.15, 0.2) is 11.5 Å². The summed E-state index contributed by atoms with van der Waals surface area (Å²) in [5, 5.41) is 9.37. The number of methoxy groups -OCH3 is 1. The Kier molecular flexibility index (Phi) is 8.80. The maximum atomic E-state index is 12.2. The van der Waals surface area contributed by atoms with Crippen molar-refractivity contribution in [3.63, 3.8) is 0 Å². The maximum Gasteiger partial charge on any atom is 0.336 e. The first-order valence-corrected chi connectivity index (χ1v) is 10.2. The van der Waals surface area contributed by atoms with Gasteiger partial charge in [-0.1, -0.05) is 50.6 Å². The van der Waals surface area contributed by atoms with Crippen LogP contribution in [0.25, 0.3) is 6.08 Å². The summed E-state index contributed by atoms with van der Waals surface area (Å²) in [7, 11) is 1.46. The van der Waals surface area contributed by atoms with Crippen LogP contribution in [0.5, 0.6) is 11.5 Å². The number of hydrogen-bond acceptors (Lipinski definition) is 5. The molecule has 0 aliphatic carbocycles. The number of hydrogen-bond donors (Lipinski definition) is 1. The van der Waals surface area contributed by atoms with E-state index in [1.54, 1.807) is 18.2 Å². The minimum Gasteiger partial charge on any atom is -0.493 e. The molecule has 2 atom stereocenters. The second kappa shape index (κ2) is 11.3. The van der Waals surface area contributed by atoms with Crippen LogP contribution in [0.3, 0.4) is 0 Å². The first-order chi connectivity index (χ1) is 14.3. The van der Waals surface area contributed by atoms with Gasteiger partial charge in [0.1, 0.15) is 6.04 Å². The molecule has 2 aromatic carbocycles. The molecule has 0 spiro atoms. The number of aliphatic carboxylic acids is 1. The molecule has 7 heteroatoms. The number of halogens is 1. The van der Waals surface area contributed by atoms with Gasteiger partial charge in [0.25, 0.3) is 0 Å². The highest BCUT2D eigenvalue weighted by atomic mass is 79.9. The Morgan fingerprint density at radius 1 is 1.20 bits per heavy atom. The average molecular weight is 474 g/mol. The van der Waals surface area contributed by atoms with E-state index < -0.39 is 18.0 Å². The molecule has 0 fully saturated rings. The lowest BCUT2D eigenvalue weighted by molar-refractivity contribution is -0.139. The Morgan fingerprint density at radius 2 is 1.90 bits per heavy atom. The molecule has 0 aliphatic heterocycles. The summed E-state index contributed by atoms with van der Waals surface area (Å²) >= 11 is 3.38. The lowest BCUT2D eigenvalue weighted by Gasteiger charge is -2.14. The molecule has 30 heavy (non-hydrogen) atoms. The monoisotopic (exact) mass is 473 g/mol. The summed E-state index contributed by atoms with van der Waals surface area (Å²) in [6.07, 6.45) is 5.18. The van der Waals surface area contributed by atoms with E-state index in [1.807, 2.05) is 44.2 Å². The van der Waals surface area contributed by atoms with Crippen LogP contribution in [0.2, 0.25) is 0 Å². The molecule has 0 heterocycles. The van der Waals surface area contributed by atoms with Gasteiger partial charge < -0.3 is 14.6 Å². The average Bonchev–Trinajstić information content (AvgIpc) is 2.74. The smallest absolute Gasteiger partial charge is 0.336 e. The van der Waals surface area contributed by atoms with E-state index in [4.69, 9.17) is 9.47 Å². The Hall–Kier alpha value is -2.93. The van der Waals surface area contributed by atoms with Crippen molar-refractivity contribution in [1.82, 2.24) is 0 Å². The molecule has 2 rings (SSSR count). The number of nitrogens with zero attached hydrogens (tertiary/aromatic N) is 1. The molecule has 0 bridgehead atoms. The minimum absolute atomic E-state index is 0.0966. The van der Waals surface area contributed by atoms with Crippen molar-refractivity contribution in [3.8, 4) is 11.5 Å². The number of benzene rings is 2. The summed E-state index contributed by atoms with van der Waals surface area (Å²) in [5.41, 5.74) is 1.49. The van der Waals surface area contributed by atoms with Crippen LogP contribution in [0, 0.1) is 5.92 Å². The standard InChI is InChI=1S/C23H24BrNO5/c1-4-15(2)21(23(27)28)25-14-17-12-18(24)22(19(13-17)29-3)30-20(26)11-10-16-8-6-5-7-9-16/h5-15,21H,4H2,1-3H3,(H,27,28)/b11-10?,25-14+. The number of ether oxygens (including phenoxy) is 2. The van der Waals surface area contributed by atoms with E-state index in [0.717, 1.165) is 5.56 Å². The summed E-state index contributed by atoms with van der Waals surface area (Å²) < 4.78 is 11.3. The first-order valence-electron chi connectivity index (χ1n) is 9.44. The van der Waals surface area contributed by atoms with Gasteiger partial charge in [0.05, 0.1) is 11.6 Å². The van der Waals surface area contributed by atoms with E-state index in [1.165, 1.54) is 19.4 Å². The quantitative estimate of drug-likeness (QED) is 0.240. The van der Waals surface area contributed by atoms with Crippen molar-refractivity contribution in [2.45, 2.75) is 26.3 Å². The summed E-state index contributed by atoms with van der Waals surface area (Å²) in [4.78, 5) is 27.9. The molecule has 0 radical (unpaired) electrons. The van der Waals surface area contributed by atoms with Gasteiger partial charge >= 0.3 is 11.9 Å². The van der Waals surface area contributed by atoms with Gasteiger partial charge in [-0.05, 0) is 51.2 Å². The van der Waals surface area contributed by atoms with Crippen molar-refractivity contribution in [2.75, 3.05) is 7.11 Å². The lowest BCUT2D eigenvalue weighted by Crippen LogP contribution is -2.25. The number of carbonyl (C=O) groups is 2. The molecule has 0 saturated heterocycles. The zero-order valence-corrected chi connectivity index (χ0v) is 18.6. The van der Waals surface area contributed by atoms with Crippen LogP contribution in [0.4, 0.5) is 0 Å². The largest absolute Gasteiger partial charge is 0.493 e. The van der Waals surface area contributed by atoms with E-state index >= 15 is 0 Å². The third-order valence-electron chi connectivity index (χ3n) is 4.49. The molecule has 2 aromatic rings. The van der Waals surface area contributed by atoms with E-state index in [2.05, 4.69) is 20.9 Å². The van der Waals surface area contributed by atoms with Crippen LogP contribution >= 0.6 is 15.9 Å². The Bertz CT molecular complexity index is 940. The number of carbonyl (C=O) groups excluding carboxylic acids is 1. The summed E-state index contributed by atoms with van der Waals surface area (Å²) in [6.45, 7) is 3.77. The molecule has 158 valence electrons. The van der Waals surface area contributed by atoms with Gasteiger partial charge in [-0.2, -0.15) is 0 Å². The molecule has 2 unspecified atom stereocenters. The number of carboxylic acids is 1. The first kappa shape index (κ1) is 23.3. The van der Waals surface area contributed by atoms with Crippen LogP contribution in [0.15, 0.2) is 58.0 Å². The molecule has 0 saturated carbocycles. The topological polar surface area (TPSA) is 85.2 Å². The van der Waals surface area contributed by atoms with Crippen molar-refractivity contribution in [2.24, 2.45) is 10.9 Å². The number of rotatable bonds is 9. The molecular formula is C23H24BrNO5. The van der Waals surface area contributed by atoms with Gasteiger partial charge in [0.2, 0.25) is 0 Å². The molecule has 0 amide bonds. The summed E-state index contributed by atoms with van der Waals surface area (Å²) in [5.74, 6) is -1.07. The van der Waals surface area contributed by atoms with Gasteiger partial charge in [0, 0.05) is 12.3 Å². The van der Waals surface area contributed by atoms with E-state index in [9.17, 15) is 14.7 Å². The highest BCUT2D eigenvalue weighted by Crippen LogP contribution is 2.36. The van der Waals surface area contributed by atoms with Crippen molar-refractivity contribution in [1.29, 1.82) is 0 Å². The number of aliphatic imine (C=N–C) groups is 1. The molecular weight excluding hydrogens is 450 g/mol.